The van der Waals surface area contributed by atoms with Crippen LogP contribution in [0, 0.1) is 11.7 Å². The standard InChI is InChI=1S/C15H23FN2/c1-10(2)12-4-5-14(16)13(7-12)15-6-11(8-17)9-18(15)3/h4-5,7,10-11,15H,6,8-9,17H2,1-3H3. The second-order valence-corrected chi connectivity index (χ2v) is 5.73. The Bertz CT molecular complexity index is 417. The lowest BCUT2D eigenvalue weighted by Crippen LogP contribution is -2.21. The molecule has 3 heteroatoms. The van der Waals surface area contributed by atoms with Crippen LogP contribution in [0.1, 0.15) is 43.4 Å². The predicted octanol–water partition coefficient (Wildman–Crippen LogP) is 2.90. The van der Waals surface area contributed by atoms with Crippen molar-refractivity contribution in [3.8, 4) is 0 Å². The van der Waals surface area contributed by atoms with Gasteiger partial charge in [-0.1, -0.05) is 26.0 Å². The van der Waals surface area contributed by atoms with Gasteiger partial charge in [0.15, 0.2) is 0 Å². The van der Waals surface area contributed by atoms with Crippen molar-refractivity contribution in [3.63, 3.8) is 0 Å². The summed E-state index contributed by atoms with van der Waals surface area (Å²) in [5, 5.41) is 0. The fourth-order valence-corrected chi connectivity index (χ4v) is 2.82. The summed E-state index contributed by atoms with van der Waals surface area (Å²) in [6.07, 6.45) is 0.964. The van der Waals surface area contributed by atoms with Crippen molar-refractivity contribution < 1.29 is 4.39 Å². The van der Waals surface area contributed by atoms with E-state index in [2.05, 4.69) is 25.8 Å². The molecule has 0 bridgehead atoms. The molecule has 0 aromatic heterocycles. The average Bonchev–Trinajstić information content (AvgIpc) is 2.71. The Morgan fingerprint density at radius 1 is 1.44 bits per heavy atom. The van der Waals surface area contributed by atoms with E-state index >= 15 is 0 Å². The number of rotatable bonds is 3. The van der Waals surface area contributed by atoms with Gasteiger partial charge in [0.1, 0.15) is 5.82 Å². The van der Waals surface area contributed by atoms with Crippen LogP contribution in [-0.2, 0) is 0 Å². The minimum absolute atomic E-state index is 0.0890. The first kappa shape index (κ1) is 13.5. The van der Waals surface area contributed by atoms with Crippen LogP contribution in [0.25, 0.3) is 0 Å². The summed E-state index contributed by atoms with van der Waals surface area (Å²) in [5.41, 5.74) is 7.77. The minimum Gasteiger partial charge on any atom is -0.330 e. The Balaban J connectivity index is 2.30. The van der Waals surface area contributed by atoms with E-state index in [4.69, 9.17) is 5.73 Å². The van der Waals surface area contributed by atoms with Gasteiger partial charge in [0.2, 0.25) is 0 Å². The number of likely N-dealkylation sites (tertiary alicyclic amines) is 1. The van der Waals surface area contributed by atoms with E-state index in [0.717, 1.165) is 18.5 Å². The highest BCUT2D eigenvalue weighted by atomic mass is 19.1. The van der Waals surface area contributed by atoms with Crippen molar-refractivity contribution >= 4 is 0 Å². The molecule has 1 heterocycles. The van der Waals surface area contributed by atoms with Gasteiger partial charge in [-0.15, -0.1) is 0 Å². The summed E-state index contributed by atoms with van der Waals surface area (Å²) in [6, 6.07) is 5.70. The number of benzene rings is 1. The molecule has 2 atom stereocenters. The Morgan fingerprint density at radius 2 is 2.17 bits per heavy atom. The molecule has 0 aliphatic carbocycles. The first-order valence-corrected chi connectivity index (χ1v) is 6.72. The molecular formula is C15H23FN2. The van der Waals surface area contributed by atoms with Crippen molar-refractivity contribution in [2.45, 2.75) is 32.2 Å². The highest BCUT2D eigenvalue weighted by Crippen LogP contribution is 2.36. The summed E-state index contributed by atoms with van der Waals surface area (Å²) in [4.78, 5) is 2.22. The summed E-state index contributed by atoms with van der Waals surface area (Å²) in [5.74, 6) is 0.831. The second kappa shape index (κ2) is 5.37. The van der Waals surface area contributed by atoms with Gasteiger partial charge in [0.25, 0.3) is 0 Å². The maximum absolute atomic E-state index is 14.0. The lowest BCUT2D eigenvalue weighted by Gasteiger charge is -2.21. The molecule has 0 spiro atoms. The van der Waals surface area contributed by atoms with Crippen LogP contribution in [-0.4, -0.2) is 25.0 Å². The Hall–Kier alpha value is -0.930. The van der Waals surface area contributed by atoms with Gasteiger partial charge >= 0.3 is 0 Å². The van der Waals surface area contributed by atoms with Crippen molar-refractivity contribution in [1.29, 1.82) is 0 Å². The third-order valence-electron chi connectivity index (χ3n) is 4.01. The largest absolute Gasteiger partial charge is 0.330 e. The van der Waals surface area contributed by atoms with Gasteiger partial charge in [-0.3, -0.25) is 4.90 Å². The molecule has 2 rings (SSSR count). The molecule has 1 saturated heterocycles. The number of hydrogen-bond acceptors (Lipinski definition) is 2. The molecule has 1 aromatic rings. The zero-order valence-corrected chi connectivity index (χ0v) is 11.5. The average molecular weight is 250 g/mol. The predicted molar refractivity (Wildman–Crippen MR) is 73.0 cm³/mol. The van der Waals surface area contributed by atoms with Crippen LogP contribution >= 0.6 is 0 Å². The van der Waals surface area contributed by atoms with Crippen LogP contribution in [0.15, 0.2) is 18.2 Å². The molecule has 2 nitrogen and oxygen atoms in total. The maximum Gasteiger partial charge on any atom is 0.128 e. The van der Waals surface area contributed by atoms with E-state index < -0.39 is 0 Å². The van der Waals surface area contributed by atoms with E-state index in [-0.39, 0.29) is 11.9 Å². The minimum atomic E-state index is -0.0890. The van der Waals surface area contributed by atoms with Gasteiger partial charge in [-0.25, -0.2) is 4.39 Å². The van der Waals surface area contributed by atoms with Crippen LogP contribution in [0.2, 0.25) is 0 Å². The van der Waals surface area contributed by atoms with Gasteiger partial charge in [0, 0.05) is 18.2 Å². The Kier molecular flexibility index (Phi) is 4.03. The van der Waals surface area contributed by atoms with Gasteiger partial charge in [-0.05, 0) is 43.5 Å². The van der Waals surface area contributed by atoms with Crippen molar-refractivity contribution in [1.82, 2.24) is 4.90 Å². The lowest BCUT2D eigenvalue weighted by atomic mass is 9.94. The molecule has 2 N–H and O–H groups in total. The van der Waals surface area contributed by atoms with E-state index in [9.17, 15) is 4.39 Å². The highest BCUT2D eigenvalue weighted by Gasteiger charge is 2.31. The summed E-state index contributed by atoms with van der Waals surface area (Å²) in [6.45, 7) is 5.93. The molecule has 1 aliphatic heterocycles. The molecule has 0 amide bonds. The summed E-state index contributed by atoms with van der Waals surface area (Å²) < 4.78 is 14.0. The van der Waals surface area contributed by atoms with Gasteiger partial charge in [0.05, 0.1) is 0 Å². The van der Waals surface area contributed by atoms with E-state index in [1.54, 1.807) is 6.07 Å². The molecular weight excluding hydrogens is 227 g/mol. The Morgan fingerprint density at radius 3 is 2.72 bits per heavy atom. The number of nitrogens with zero attached hydrogens (tertiary/aromatic N) is 1. The third kappa shape index (κ3) is 2.57. The monoisotopic (exact) mass is 250 g/mol. The van der Waals surface area contributed by atoms with Crippen LogP contribution in [0.3, 0.4) is 0 Å². The second-order valence-electron chi connectivity index (χ2n) is 5.73. The molecule has 18 heavy (non-hydrogen) atoms. The highest BCUT2D eigenvalue weighted by molar-refractivity contribution is 5.30. The molecule has 1 aromatic carbocycles. The topological polar surface area (TPSA) is 29.3 Å². The molecule has 1 aliphatic rings. The van der Waals surface area contributed by atoms with Crippen LogP contribution < -0.4 is 5.73 Å². The summed E-state index contributed by atoms with van der Waals surface area (Å²) in [7, 11) is 2.06. The van der Waals surface area contributed by atoms with Crippen molar-refractivity contribution in [2.24, 2.45) is 11.7 Å². The molecule has 0 saturated carbocycles. The van der Waals surface area contributed by atoms with Gasteiger partial charge in [-0.2, -0.15) is 0 Å². The fraction of sp³-hybridized carbons (Fsp3) is 0.600. The fourth-order valence-electron chi connectivity index (χ4n) is 2.82. The normalized spacial score (nSPS) is 25.0. The van der Waals surface area contributed by atoms with Crippen LogP contribution in [0.5, 0.6) is 0 Å². The Labute approximate surface area is 109 Å². The molecule has 100 valence electrons. The van der Waals surface area contributed by atoms with E-state index in [1.165, 1.54) is 5.56 Å². The van der Waals surface area contributed by atoms with Crippen LogP contribution in [0.4, 0.5) is 4.39 Å². The van der Waals surface area contributed by atoms with Gasteiger partial charge < -0.3 is 5.73 Å². The lowest BCUT2D eigenvalue weighted by molar-refractivity contribution is 0.306. The third-order valence-corrected chi connectivity index (χ3v) is 4.01. The first-order valence-electron chi connectivity index (χ1n) is 6.72. The number of nitrogens with two attached hydrogens (primary N) is 1. The van der Waals surface area contributed by atoms with Crippen molar-refractivity contribution in [2.75, 3.05) is 20.1 Å². The molecule has 1 fully saturated rings. The molecule has 2 unspecified atom stereocenters. The SMILES string of the molecule is CC(C)c1ccc(F)c(C2CC(CN)CN2C)c1. The first-order chi connectivity index (χ1) is 8.52. The zero-order chi connectivity index (χ0) is 13.3. The number of halogens is 1. The number of hydrogen-bond donors (Lipinski definition) is 1. The smallest absolute Gasteiger partial charge is 0.128 e. The maximum atomic E-state index is 14.0. The van der Waals surface area contributed by atoms with E-state index in [1.807, 2.05) is 12.1 Å². The van der Waals surface area contributed by atoms with Crippen molar-refractivity contribution in [3.05, 3.63) is 35.1 Å². The summed E-state index contributed by atoms with van der Waals surface area (Å²) >= 11 is 0. The quantitative estimate of drug-likeness (QED) is 0.893. The van der Waals surface area contributed by atoms with E-state index in [0.29, 0.717) is 18.4 Å². The molecule has 0 radical (unpaired) electrons. The zero-order valence-electron chi connectivity index (χ0n) is 11.5.